The zero-order valence-electron chi connectivity index (χ0n) is 7.87. The number of allylic oxidation sites excluding steroid dienone is 2. The predicted octanol–water partition coefficient (Wildman–Crippen LogP) is 3.79. The van der Waals surface area contributed by atoms with E-state index in [-0.39, 0.29) is 0 Å². The van der Waals surface area contributed by atoms with Crippen LogP contribution < -0.4 is 0 Å². The van der Waals surface area contributed by atoms with E-state index in [1.807, 2.05) is 0 Å². The van der Waals surface area contributed by atoms with Crippen LogP contribution in [0.3, 0.4) is 0 Å². The lowest BCUT2D eigenvalue weighted by Crippen LogP contribution is -2.37. The number of halogens is 3. The maximum absolute atomic E-state index is 12.4. The summed E-state index contributed by atoms with van der Waals surface area (Å²) in [5.41, 5.74) is -1.64. The molecule has 0 heterocycles. The Morgan fingerprint density at radius 3 is 1.83 bits per heavy atom. The monoisotopic (exact) mass is 180 g/mol. The van der Waals surface area contributed by atoms with Crippen LogP contribution in [-0.2, 0) is 0 Å². The fourth-order valence-corrected chi connectivity index (χ4v) is 0.787. The minimum Gasteiger partial charge on any atom is -0.171 e. The van der Waals surface area contributed by atoms with Gasteiger partial charge in [0.1, 0.15) is 0 Å². The van der Waals surface area contributed by atoms with Crippen molar-refractivity contribution in [1.29, 1.82) is 0 Å². The first-order chi connectivity index (χ1) is 5.23. The third kappa shape index (κ3) is 2.26. The number of hydrogen-bond donors (Lipinski definition) is 0. The molecule has 72 valence electrons. The molecule has 1 atom stereocenters. The summed E-state index contributed by atoms with van der Waals surface area (Å²) in [5, 5.41) is 0. The SMILES string of the molecule is C/C=C/C(C)C(C)(C)C(F)(F)F. The Labute approximate surface area is 71.5 Å². The largest absolute Gasteiger partial charge is 0.394 e. The van der Waals surface area contributed by atoms with E-state index < -0.39 is 17.5 Å². The van der Waals surface area contributed by atoms with E-state index in [0.29, 0.717) is 0 Å². The van der Waals surface area contributed by atoms with Crippen molar-refractivity contribution in [1.82, 2.24) is 0 Å². The summed E-state index contributed by atoms with van der Waals surface area (Å²) >= 11 is 0. The van der Waals surface area contributed by atoms with Crippen LogP contribution in [0.25, 0.3) is 0 Å². The van der Waals surface area contributed by atoms with Crippen molar-refractivity contribution in [3.05, 3.63) is 12.2 Å². The quantitative estimate of drug-likeness (QED) is 0.567. The average Bonchev–Trinajstić information content (AvgIpc) is 1.85. The maximum Gasteiger partial charge on any atom is 0.394 e. The molecule has 0 radical (unpaired) electrons. The number of alkyl halides is 3. The molecule has 0 aliphatic heterocycles. The van der Waals surface area contributed by atoms with Crippen molar-refractivity contribution in [2.45, 2.75) is 33.9 Å². The van der Waals surface area contributed by atoms with Crippen LogP contribution in [0.5, 0.6) is 0 Å². The highest BCUT2D eigenvalue weighted by Gasteiger charge is 2.49. The molecule has 0 aromatic heterocycles. The first kappa shape index (κ1) is 11.5. The molecule has 0 nitrogen and oxygen atoms in total. The fraction of sp³-hybridized carbons (Fsp3) is 0.778. The lowest BCUT2D eigenvalue weighted by molar-refractivity contribution is -0.222. The molecule has 3 heteroatoms. The molecule has 0 rings (SSSR count). The van der Waals surface area contributed by atoms with E-state index in [4.69, 9.17) is 0 Å². The molecule has 0 aromatic carbocycles. The fourth-order valence-electron chi connectivity index (χ4n) is 0.787. The molecular weight excluding hydrogens is 165 g/mol. The number of hydrogen-bond acceptors (Lipinski definition) is 0. The van der Waals surface area contributed by atoms with Crippen LogP contribution in [0.2, 0.25) is 0 Å². The highest BCUT2D eigenvalue weighted by Crippen LogP contribution is 2.43. The van der Waals surface area contributed by atoms with Crippen molar-refractivity contribution in [3.63, 3.8) is 0 Å². The topological polar surface area (TPSA) is 0 Å². The highest BCUT2D eigenvalue weighted by molar-refractivity contribution is 4.94. The normalized spacial score (nSPS) is 16.9. The summed E-state index contributed by atoms with van der Waals surface area (Å²) in [6.07, 6.45) is -0.905. The molecule has 0 spiro atoms. The second-order valence-corrected chi connectivity index (χ2v) is 3.53. The van der Waals surface area contributed by atoms with Gasteiger partial charge in [-0.2, -0.15) is 13.2 Å². The van der Waals surface area contributed by atoms with Crippen LogP contribution in [-0.4, -0.2) is 6.18 Å². The van der Waals surface area contributed by atoms with Crippen LogP contribution in [0.15, 0.2) is 12.2 Å². The molecule has 0 aliphatic carbocycles. The molecule has 0 aliphatic rings. The van der Waals surface area contributed by atoms with Crippen LogP contribution in [0.4, 0.5) is 13.2 Å². The van der Waals surface area contributed by atoms with Gasteiger partial charge in [0.05, 0.1) is 5.41 Å². The summed E-state index contributed by atoms with van der Waals surface area (Å²) in [6, 6.07) is 0. The third-order valence-corrected chi connectivity index (χ3v) is 2.35. The van der Waals surface area contributed by atoms with Gasteiger partial charge in [0.15, 0.2) is 0 Å². The molecule has 0 aromatic rings. The highest BCUT2D eigenvalue weighted by atomic mass is 19.4. The summed E-state index contributed by atoms with van der Waals surface area (Å²) in [7, 11) is 0. The molecule has 0 fully saturated rings. The molecule has 0 bridgehead atoms. The van der Waals surface area contributed by atoms with Gasteiger partial charge in [0.2, 0.25) is 0 Å². The lowest BCUT2D eigenvalue weighted by Gasteiger charge is -2.32. The van der Waals surface area contributed by atoms with E-state index in [2.05, 4.69) is 0 Å². The first-order valence-electron chi connectivity index (χ1n) is 3.93. The molecule has 1 unspecified atom stereocenters. The summed E-state index contributed by atoms with van der Waals surface area (Å²) < 4.78 is 37.1. The van der Waals surface area contributed by atoms with E-state index in [1.54, 1.807) is 26.0 Å². The Hall–Kier alpha value is -0.470. The molecule has 0 saturated heterocycles. The molecule has 0 N–H and O–H groups in total. The van der Waals surface area contributed by atoms with Crippen LogP contribution in [0, 0.1) is 11.3 Å². The van der Waals surface area contributed by atoms with Gasteiger partial charge in [0, 0.05) is 0 Å². The second-order valence-electron chi connectivity index (χ2n) is 3.53. The van der Waals surface area contributed by atoms with E-state index in [1.165, 1.54) is 13.8 Å². The smallest absolute Gasteiger partial charge is 0.171 e. The lowest BCUT2D eigenvalue weighted by atomic mass is 9.79. The molecule has 0 amide bonds. The van der Waals surface area contributed by atoms with Gasteiger partial charge in [-0.1, -0.05) is 32.9 Å². The Balaban J connectivity index is 4.61. The third-order valence-electron chi connectivity index (χ3n) is 2.35. The first-order valence-corrected chi connectivity index (χ1v) is 3.93. The Bertz CT molecular complexity index is 165. The maximum atomic E-state index is 12.4. The van der Waals surface area contributed by atoms with Crippen molar-refractivity contribution in [3.8, 4) is 0 Å². The summed E-state index contributed by atoms with van der Waals surface area (Å²) in [4.78, 5) is 0. The zero-order valence-corrected chi connectivity index (χ0v) is 7.87. The number of rotatable bonds is 2. The van der Waals surface area contributed by atoms with Crippen LogP contribution >= 0.6 is 0 Å². The van der Waals surface area contributed by atoms with E-state index >= 15 is 0 Å². The zero-order chi connectivity index (χ0) is 9.99. The van der Waals surface area contributed by atoms with Crippen molar-refractivity contribution in [2.75, 3.05) is 0 Å². The van der Waals surface area contributed by atoms with Gasteiger partial charge in [0.25, 0.3) is 0 Å². The standard InChI is InChI=1S/C9H15F3/c1-5-6-7(2)8(3,4)9(10,11)12/h5-7H,1-4H3/b6-5+. The van der Waals surface area contributed by atoms with Crippen molar-refractivity contribution < 1.29 is 13.2 Å². The van der Waals surface area contributed by atoms with Gasteiger partial charge < -0.3 is 0 Å². The molecular formula is C9H15F3. The van der Waals surface area contributed by atoms with Gasteiger partial charge in [-0.15, -0.1) is 0 Å². The van der Waals surface area contributed by atoms with Gasteiger partial charge >= 0.3 is 6.18 Å². The van der Waals surface area contributed by atoms with E-state index in [9.17, 15) is 13.2 Å². The Morgan fingerprint density at radius 1 is 1.17 bits per heavy atom. The second kappa shape index (κ2) is 3.50. The van der Waals surface area contributed by atoms with Crippen LogP contribution in [0.1, 0.15) is 27.7 Å². The van der Waals surface area contributed by atoms with Crippen molar-refractivity contribution >= 4 is 0 Å². The Morgan fingerprint density at radius 2 is 1.58 bits per heavy atom. The van der Waals surface area contributed by atoms with Crippen molar-refractivity contribution in [2.24, 2.45) is 11.3 Å². The average molecular weight is 180 g/mol. The minimum absolute atomic E-state index is 0.484. The Kier molecular flexibility index (Phi) is 3.36. The molecule has 0 saturated carbocycles. The van der Waals surface area contributed by atoms with Gasteiger partial charge in [-0.3, -0.25) is 0 Å². The van der Waals surface area contributed by atoms with E-state index in [0.717, 1.165) is 0 Å². The summed E-state index contributed by atoms with van der Waals surface area (Å²) in [6.45, 7) is 5.74. The predicted molar refractivity (Wildman–Crippen MR) is 43.8 cm³/mol. The minimum atomic E-state index is -4.13. The molecule has 12 heavy (non-hydrogen) atoms. The van der Waals surface area contributed by atoms with Gasteiger partial charge in [-0.25, -0.2) is 0 Å². The summed E-state index contributed by atoms with van der Waals surface area (Å²) in [5.74, 6) is -0.484. The van der Waals surface area contributed by atoms with Gasteiger partial charge in [-0.05, 0) is 12.8 Å².